The zero-order valence-electron chi connectivity index (χ0n) is 12.1. The zero-order valence-corrected chi connectivity index (χ0v) is 12.1. The van der Waals surface area contributed by atoms with Crippen molar-refractivity contribution >= 4 is 0 Å². The third-order valence-electron chi connectivity index (χ3n) is 3.75. The average Bonchev–Trinajstić information content (AvgIpc) is 2.45. The van der Waals surface area contributed by atoms with E-state index in [0.717, 1.165) is 31.1 Å². The Kier molecular flexibility index (Phi) is 5.61. The first-order valence-electron chi connectivity index (χ1n) is 7.29. The molecule has 19 heavy (non-hydrogen) atoms. The fourth-order valence-corrected chi connectivity index (χ4v) is 2.48. The van der Waals surface area contributed by atoms with Crippen molar-refractivity contribution in [3.05, 3.63) is 23.9 Å². The zero-order chi connectivity index (χ0) is 13.5. The minimum Gasteiger partial charge on any atom is -0.476 e. The van der Waals surface area contributed by atoms with Crippen LogP contribution in [-0.2, 0) is 6.54 Å². The fourth-order valence-electron chi connectivity index (χ4n) is 2.48. The summed E-state index contributed by atoms with van der Waals surface area (Å²) in [5, 5.41) is 3.32. The van der Waals surface area contributed by atoms with Gasteiger partial charge in [0.1, 0.15) is 6.61 Å². The highest BCUT2D eigenvalue weighted by atomic mass is 16.5. The quantitative estimate of drug-likeness (QED) is 0.852. The lowest BCUT2D eigenvalue weighted by Gasteiger charge is -2.32. The van der Waals surface area contributed by atoms with Crippen molar-refractivity contribution in [2.45, 2.75) is 38.8 Å². The van der Waals surface area contributed by atoms with E-state index >= 15 is 0 Å². The first kappa shape index (κ1) is 14.3. The van der Waals surface area contributed by atoms with Gasteiger partial charge in [-0.1, -0.05) is 19.4 Å². The number of nitrogens with zero attached hydrogens (tertiary/aromatic N) is 2. The van der Waals surface area contributed by atoms with Gasteiger partial charge < -0.3 is 15.0 Å². The molecule has 0 bridgehead atoms. The van der Waals surface area contributed by atoms with Crippen LogP contribution in [0.25, 0.3) is 0 Å². The number of likely N-dealkylation sites (tertiary alicyclic amines) is 1. The van der Waals surface area contributed by atoms with E-state index < -0.39 is 0 Å². The molecule has 1 unspecified atom stereocenters. The first-order chi connectivity index (χ1) is 9.31. The van der Waals surface area contributed by atoms with Gasteiger partial charge in [-0.15, -0.1) is 0 Å². The maximum atomic E-state index is 5.95. The molecule has 1 aliphatic heterocycles. The molecule has 0 radical (unpaired) electrons. The van der Waals surface area contributed by atoms with E-state index in [1.54, 1.807) is 6.20 Å². The molecule has 1 atom stereocenters. The number of hydrogen-bond acceptors (Lipinski definition) is 4. The Hall–Kier alpha value is -1.13. The van der Waals surface area contributed by atoms with E-state index in [0.29, 0.717) is 6.04 Å². The van der Waals surface area contributed by atoms with Crippen LogP contribution >= 0.6 is 0 Å². The molecule has 1 fully saturated rings. The molecule has 106 valence electrons. The molecule has 1 saturated heterocycles. The molecule has 0 aromatic carbocycles. The van der Waals surface area contributed by atoms with Crippen molar-refractivity contribution in [1.29, 1.82) is 0 Å². The second-order valence-corrected chi connectivity index (χ2v) is 5.19. The molecule has 2 rings (SSSR count). The van der Waals surface area contributed by atoms with Crippen LogP contribution in [0.2, 0.25) is 0 Å². The van der Waals surface area contributed by atoms with Gasteiger partial charge in [-0.3, -0.25) is 0 Å². The molecule has 1 aromatic heterocycles. The van der Waals surface area contributed by atoms with Gasteiger partial charge in [0.15, 0.2) is 0 Å². The third-order valence-corrected chi connectivity index (χ3v) is 3.75. The lowest BCUT2D eigenvalue weighted by molar-refractivity contribution is 0.122. The maximum Gasteiger partial charge on any atom is 0.217 e. The molecule has 1 N–H and O–H groups in total. The number of hydrogen-bond donors (Lipinski definition) is 1. The van der Waals surface area contributed by atoms with Crippen LogP contribution in [0.15, 0.2) is 18.3 Å². The second kappa shape index (κ2) is 7.46. The first-order valence-corrected chi connectivity index (χ1v) is 7.29. The average molecular weight is 263 g/mol. The van der Waals surface area contributed by atoms with Gasteiger partial charge in [0.2, 0.25) is 5.88 Å². The Balaban J connectivity index is 1.91. The Labute approximate surface area is 116 Å². The minimum absolute atomic E-state index is 0.530. The molecule has 0 amide bonds. The van der Waals surface area contributed by atoms with Gasteiger partial charge in [0, 0.05) is 24.3 Å². The van der Waals surface area contributed by atoms with Crippen molar-refractivity contribution in [3.8, 4) is 5.88 Å². The Morgan fingerprint density at radius 1 is 1.47 bits per heavy atom. The van der Waals surface area contributed by atoms with Crippen molar-refractivity contribution in [3.63, 3.8) is 0 Å². The minimum atomic E-state index is 0.530. The lowest BCUT2D eigenvalue weighted by Crippen LogP contribution is -2.40. The van der Waals surface area contributed by atoms with Crippen LogP contribution in [0.4, 0.5) is 0 Å². The molecule has 1 aromatic rings. The van der Waals surface area contributed by atoms with Gasteiger partial charge in [0.05, 0.1) is 0 Å². The van der Waals surface area contributed by atoms with E-state index in [4.69, 9.17) is 4.74 Å². The van der Waals surface area contributed by atoms with Gasteiger partial charge in [-0.2, -0.15) is 0 Å². The van der Waals surface area contributed by atoms with Crippen LogP contribution in [0.3, 0.4) is 0 Å². The molecule has 0 spiro atoms. The van der Waals surface area contributed by atoms with Crippen LogP contribution in [0, 0.1) is 0 Å². The summed E-state index contributed by atoms with van der Waals surface area (Å²) in [6, 6.07) is 4.57. The largest absolute Gasteiger partial charge is 0.476 e. The summed E-state index contributed by atoms with van der Waals surface area (Å²) in [6.07, 6.45) is 5.65. The van der Waals surface area contributed by atoms with Gasteiger partial charge in [0.25, 0.3) is 0 Å². The topological polar surface area (TPSA) is 37.4 Å². The summed E-state index contributed by atoms with van der Waals surface area (Å²) in [5.74, 6) is 0.780. The molecule has 4 heteroatoms. The molecule has 2 heterocycles. The number of rotatable bonds is 6. The summed E-state index contributed by atoms with van der Waals surface area (Å²) < 4.78 is 5.95. The summed E-state index contributed by atoms with van der Waals surface area (Å²) in [4.78, 5) is 6.76. The van der Waals surface area contributed by atoms with Crippen molar-refractivity contribution in [2.24, 2.45) is 0 Å². The summed E-state index contributed by atoms with van der Waals surface area (Å²) in [6.45, 7) is 5.81. The predicted molar refractivity (Wildman–Crippen MR) is 77.4 cm³/mol. The van der Waals surface area contributed by atoms with E-state index in [1.165, 1.54) is 25.8 Å². The number of ether oxygens (including phenoxy) is 1. The van der Waals surface area contributed by atoms with Crippen LogP contribution in [0.5, 0.6) is 5.88 Å². The molecule has 0 aliphatic carbocycles. The van der Waals surface area contributed by atoms with Crippen LogP contribution in [-0.4, -0.2) is 42.7 Å². The monoisotopic (exact) mass is 263 g/mol. The van der Waals surface area contributed by atoms with E-state index in [1.807, 2.05) is 6.07 Å². The highest BCUT2D eigenvalue weighted by molar-refractivity contribution is 5.25. The molecule has 4 nitrogen and oxygen atoms in total. The number of likely N-dealkylation sites (N-methyl/N-ethyl adjacent to an activating group) is 1. The molecule has 0 saturated carbocycles. The van der Waals surface area contributed by atoms with Gasteiger partial charge in [-0.25, -0.2) is 4.98 Å². The molecular weight excluding hydrogens is 238 g/mol. The summed E-state index contributed by atoms with van der Waals surface area (Å²) in [5.41, 5.74) is 1.14. The second-order valence-electron chi connectivity index (χ2n) is 5.19. The number of nitrogens with one attached hydrogen (secondary N) is 1. The van der Waals surface area contributed by atoms with E-state index in [9.17, 15) is 0 Å². The Morgan fingerprint density at radius 2 is 2.37 bits per heavy atom. The van der Waals surface area contributed by atoms with Crippen LogP contribution < -0.4 is 10.1 Å². The van der Waals surface area contributed by atoms with E-state index in [-0.39, 0.29) is 0 Å². The van der Waals surface area contributed by atoms with Crippen molar-refractivity contribution in [2.75, 3.05) is 26.7 Å². The van der Waals surface area contributed by atoms with Gasteiger partial charge >= 0.3 is 0 Å². The molecule has 1 aliphatic rings. The Bertz CT molecular complexity index is 383. The highest BCUT2D eigenvalue weighted by Gasteiger charge is 2.19. The smallest absolute Gasteiger partial charge is 0.217 e. The number of piperidine rings is 1. The van der Waals surface area contributed by atoms with Crippen molar-refractivity contribution < 1.29 is 4.74 Å². The molecular formula is C15H25N3O. The Morgan fingerprint density at radius 3 is 3.16 bits per heavy atom. The summed E-state index contributed by atoms with van der Waals surface area (Å²) in [7, 11) is 2.19. The van der Waals surface area contributed by atoms with Crippen molar-refractivity contribution in [1.82, 2.24) is 15.2 Å². The fraction of sp³-hybridized carbons (Fsp3) is 0.667. The SMILES string of the molecule is CCNCc1cccnc1OCC1CCCCN1C. The normalized spacial score (nSPS) is 20.4. The van der Waals surface area contributed by atoms with E-state index in [2.05, 4.69) is 35.2 Å². The third kappa shape index (κ3) is 4.18. The summed E-state index contributed by atoms with van der Waals surface area (Å²) >= 11 is 0. The lowest BCUT2D eigenvalue weighted by atomic mass is 10.0. The predicted octanol–water partition coefficient (Wildman–Crippen LogP) is 2.05. The van der Waals surface area contributed by atoms with Crippen LogP contribution in [0.1, 0.15) is 31.7 Å². The highest BCUT2D eigenvalue weighted by Crippen LogP contribution is 2.18. The van der Waals surface area contributed by atoms with Gasteiger partial charge in [-0.05, 0) is 39.0 Å². The number of pyridine rings is 1. The number of aromatic nitrogens is 1. The standard InChI is InChI=1S/C15H25N3O/c1-3-16-11-13-7-6-9-17-15(13)19-12-14-8-4-5-10-18(14)2/h6-7,9,14,16H,3-5,8,10-12H2,1-2H3. The maximum absolute atomic E-state index is 5.95.